The molecule has 1 saturated carbocycles. The van der Waals surface area contributed by atoms with Gasteiger partial charge in [0, 0.05) is 57.0 Å². The van der Waals surface area contributed by atoms with Gasteiger partial charge in [-0.05, 0) is 63.1 Å². The van der Waals surface area contributed by atoms with Gasteiger partial charge in [-0.25, -0.2) is 15.0 Å². The van der Waals surface area contributed by atoms with Crippen LogP contribution in [0.3, 0.4) is 0 Å². The Labute approximate surface area is 242 Å². The number of carbonyl (C=O) groups is 1. The van der Waals surface area contributed by atoms with Crippen LogP contribution < -0.4 is 10.2 Å². The second-order valence-corrected chi connectivity index (χ2v) is 13.0. The first-order valence-corrected chi connectivity index (χ1v) is 15.0. The number of hydrogen-bond acceptors (Lipinski definition) is 8. The van der Waals surface area contributed by atoms with Gasteiger partial charge in [0.05, 0.1) is 23.9 Å². The van der Waals surface area contributed by atoms with Gasteiger partial charge in [-0.2, -0.15) is 5.10 Å². The quantitative estimate of drug-likeness (QED) is 0.428. The van der Waals surface area contributed by atoms with Crippen molar-refractivity contribution in [1.29, 1.82) is 0 Å². The first kappa shape index (κ1) is 27.6. The standard InChI is InChI=1S/C31H42N8O2/c1-22(40)37-13-10-31(11-14-37)20-38(21-31)28-16-27(34-26-15-24(9-12-32-26)23-7-5-4-6-8-23)35-29(36-28)25-17-33-39(18-25)19-30(2,3)41/h9,12,15-18,23,41H,4-8,10-11,13-14,19-21H2,1-3H3,(H,32,34,35,36). The highest BCUT2D eigenvalue weighted by Gasteiger charge is 2.45. The van der Waals surface area contributed by atoms with Crippen molar-refractivity contribution in [2.75, 3.05) is 36.4 Å². The molecular formula is C31H42N8O2. The highest BCUT2D eigenvalue weighted by Crippen LogP contribution is 2.43. The number of aliphatic hydroxyl groups is 1. The third kappa shape index (κ3) is 6.37. The Morgan fingerprint density at radius 2 is 1.85 bits per heavy atom. The molecule has 2 N–H and O–H groups in total. The molecule has 3 aliphatic rings. The summed E-state index contributed by atoms with van der Waals surface area (Å²) in [5.74, 6) is 3.70. The Kier molecular flexibility index (Phi) is 7.44. The van der Waals surface area contributed by atoms with E-state index in [1.54, 1.807) is 31.6 Å². The highest BCUT2D eigenvalue weighted by molar-refractivity contribution is 5.73. The minimum Gasteiger partial charge on any atom is -0.389 e. The fraction of sp³-hybridized carbons (Fsp3) is 0.581. The number of piperidine rings is 1. The topological polar surface area (TPSA) is 112 Å². The summed E-state index contributed by atoms with van der Waals surface area (Å²) in [6.45, 7) is 9.06. The van der Waals surface area contributed by atoms with Gasteiger partial charge in [-0.15, -0.1) is 0 Å². The van der Waals surface area contributed by atoms with Crippen LogP contribution in [0.4, 0.5) is 17.5 Å². The molecule has 5 heterocycles. The highest BCUT2D eigenvalue weighted by atomic mass is 16.3. The molecule has 0 unspecified atom stereocenters. The number of anilines is 3. The van der Waals surface area contributed by atoms with E-state index in [0.717, 1.165) is 56.2 Å². The van der Waals surface area contributed by atoms with Crippen molar-refractivity contribution in [2.45, 2.75) is 83.8 Å². The van der Waals surface area contributed by atoms with Gasteiger partial charge in [-0.3, -0.25) is 9.48 Å². The molecule has 0 aromatic carbocycles. The summed E-state index contributed by atoms with van der Waals surface area (Å²) in [5, 5.41) is 18.2. The lowest BCUT2D eigenvalue weighted by Gasteiger charge is -2.54. The molecule has 2 aliphatic heterocycles. The van der Waals surface area contributed by atoms with Gasteiger partial charge in [0.15, 0.2) is 5.82 Å². The van der Waals surface area contributed by atoms with E-state index in [-0.39, 0.29) is 11.3 Å². The Hall–Kier alpha value is -3.53. The fourth-order valence-corrected chi connectivity index (χ4v) is 6.63. The predicted octanol–water partition coefficient (Wildman–Crippen LogP) is 4.75. The number of carbonyl (C=O) groups excluding carboxylic acids is 1. The van der Waals surface area contributed by atoms with Crippen LogP contribution in [0.1, 0.15) is 77.2 Å². The monoisotopic (exact) mass is 558 g/mol. The molecule has 3 aromatic rings. The predicted molar refractivity (Wildman–Crippen MR) is 159 cm³/mol. The van der Waals surface area contributed by atoms with Crippen molar-refractivity contribution >= 4 is 23.4 Å². The van der Waals surface area contributed by atoms with Crippen molar-refractivity contribution in [3.63, 3.8) is 0 Å². The molecule has 1 spiro atoms. The third-order valence-electron chi connectivity index (χ3n) is 8.92. The normalized spacial score (nSPS) is 19.3. The minimum atomic E-state index is -0.877. The van der Waals surface area contributed by atoms with Crippen LogP contribution in [0.25, 0.3) is 11.4 Å². The Morgan fingerprint density at radius 1 is 1.10 bits per heavy atom. The average molecular weight is 559 g/mol. The lowest BCUT2D eigenvalue weighted by molar-refractivity contribution is -0.131. The summed E-state index contributed by atoms with van der Waals surface area (Å²) in [5.41, 5.74) is 1.50. The van der Waals surface area contributed by atoms with E-state index in [1.165, 1.54) is 37.7 Å². The maximum atomic E-state index is 11.8. The molecule has 1 amide bonds. The molecule has 10 heteroatoms. The van der Waals surface area contributed by atoms with Crippen LogP contribution >= 0.6 is 0 Å². The minimum absolute atomic E-state index is 0.165. The zero-order valence-electron chi connectivity index (χ0n) is 24.5. The van der Waals surface area contributed by atoms with Crippen LogP contribution in [0.5, 0.6) is 0 Å². The summed E-state index contributed by atoms with van der Waals surface area (Å²) in [4.78, 5) is 30.5. The molecule has 3 aromatic heterocycles. The number of hydrogen-bond donors (Lipinski definition) is 2. The van der Waals surface area contributed by atoms with Crippen molar-refractivity contribution < 1.29 is 9.90 Å². The molecule has 41 heavy (non-hydrogen) atoms. The van der Waals surface area contributed by atoms with E-state index in [2.05, 4.69) is 32.4 Å². The van der Waals surface area contributed by atoms with Crippen LogP contribution in [0, 0.1) is 5.41 Å². The molecule has 0 bridgehead atoms. The van der Waals surface area contributed by atoms with E-state index < -0.39 is 5.60 Å². The van der Waals surface area contributed by atoms with Crippen molar-refractivity contribution in [3.8, 4) is 11.4 Å². The van der Waals surface area contributed by atoms with Crippen LogP contribution in [-0.4, -0.2) is 72.4 Å². The molecule has 6 rings (SSSR count). The van der Waals surface area contributed by atoms with Crippen molar-refractivity contribution in [1.82, 2.24) is 29.6 Å². The number of nitrogens with one attached hydrogen (secondary N) is 1. The number of rotatable bonds is 7. The van der Waals surface area contributed by atoms with E-state index in [0.29, 0.717) is 24.1 Å². The Bertz CT molecular complexity index is 1370. The summed E-state index contributed by atoms with van der Waals surface area (Å²) < 4.78 is 1.73. The van der Waals surface area contributed by atoms with Gasteiger partial charge in [0.25, 0.3) is 0 Å². The fourth-order valence-electron chi connectivity index (χ4n) is 6.63. The number of nitrogens with zero attached hydrogens (tertiary/aromatic N) is 7. The molecular weight excluding hydrogens is 516 g/mol. The lowest BCUT2D eigenvalue weighted by atomic mass is 9.72. The van der Waals surface area contributed by atoms with Crippen LogP contribution in [-0.2, 0) is 11.3 Å². The maximum absolute atomic E-state index is 11.8. The Morgan fingerprint density at radius 3 is 2.56 bits per heavy atom. The van der Waals surface area contributed by atoms with Gasteiger partial charge >= 0.3 is 0 Å². The van der Waals surface area contributed by atoms with Crippen molar-refractivity contribution in [2.24, 2.45) is 5.41 Å². The van der Waals surface area contributed by atoms with E-state index in [4.69, 9.17) is 9.97 Å². The van der Waals surface area contributed by atoms with Gasteiger partial charge in [-0.1, -0.05) is 19.3 Å². The molecule has 0 atom stereocenters. The average Bonchev–Trinajstić information content (AvgIpc) is 3.39. The van der Waals surface area contributed by atoms with Gasteiger partial charge < -0.3 is 20.2 Å². The van der Waals surface area contributed by atoms with E-state index in [9.17, 15) is 9.90 Å². The molecule has 10 nitrogen and oxygen atoms in total. The molecule has 218 valence electrons. The smallest absolute Gasteiger partial charge is 0.219 e. The Balaban J connectivity index is 1.25. The molecule has 2 saturated heterocycles. The van der Waals surface area contributed by atoms with Crippen LogP contribution in [0.2, 0.25) is 0 Å². The molecule has 3 fully saturated rings. The molecule has 0 radical (unpaired) electrons. The number of aromatic nitrogens is 5. The largest absolute Gasteiger partial charge is 0.389 e. The number of amides is 1. The first-order chi connectivity index (χ1) is 19.6. The second kappa shape index (κ2) is 11.0. The van der Waals surface area contributed by atoms with Crippen LogP contribution in [0.15, 0.2) is 36.8 Å². The summed E-state index contributed by atoms with van der Waals surface area (Å²) in [6.07, 6.45) is 14.0. The maximum Gasteiger partial charge on any atom is 0.219 e. The number of pyridine rings is 1. The summed E-state index contributed by atoms with van der Waals surface area (Å²) >= 11 is 0. The third-order valence-corrected chi connectivity index (χ3v) is 8.92. The van der Waals surface area contributed by atoms with E-state index >= 15 is 0 Å². The van der Waals surface area contributed by atoms with Crippen molar-refractivity contribution in [3.05, 3.63) is 42.4 Å². The van der Waals surface area contributed by atoms with Gasteiger partial charge in [0.1, 0.15) is 17.5 Å². The second-order valence-electron chi connectivity index (χ2n) is 13.0. The first-order valence-electron chi connectivity index (χ1n) is 15.0. The number of likely N-dealkylation sites (tertiary alicyclic amines) is 1. The zero-order chi connectivity index (χ0) is 28.6. The zero-order valence-corrected chi connectivity index (χ0v) is 24.5. The lowest BCUT2D eigenvalue weighted by Crippen LogP contribution is -2.61. The molecule has 1 aliphatic carbocycles. The van der Waals surface area contributed by atoms with Gasteiger partial charge in [0.2, 0.25) is 5.91 Å². The summed E-state index contributed by atoms with van der Waals surface area (Å²) in [7, 11) is 0. The van der Waals surface area contributed by atoms with E-state index in [1.807, 2.05) is 23.4 Å². The summed E-state index contributed by atoms with van der Waals surface area (Å²) in [6, 6.07) is 6.32. The SMILES string of the molecule is CC(=O)N1CCC2(CC1)CN(c1cc(Nc3cc(C4CCCCC4)ccn3)nc(-c3cnn(CC(C)(C)O)c3)n1)C2.